The van der Waals surface area contributed by atoms with E-state index in [1.165, 1.54) is 0 Å². The number of amides is 1. The molecule has 25 heavy (non-hydrogen) atoms. The fraction of sp³-hybridized carbons (Fsp3) is 0.688. The molecule has 0 atom stereocenters. The standard InChI is InChI=1S/C16H30N6O2.HI/c1-6-17-14(19-9-10-22-12-13(2)11-21-22)18-7-8-20-15(23)24-16(3,4)5;/h11-12H,6-10H2,1-5H3,(H,20,23)(H2,17,18,19);1H. The van der Waals surface area contributed by atoms with Crippen molar-refractivity contribution in [1.29, 1.82) is 0 Å². The molecule has 0 bridgehead atoms. The molecule has 9 heteroatoms. The van der Waals surface area contributed by atoms with Crippen molar-refractivity contribution in [2.24, 2.45) is 4.99 Å². The Kier molecular flexibility index (Phi) is 11.2. The first-order valence-corrected chi connectivity index (χ1v) is 8.28. The van der Waals surface area contributed by atoms with Gasteiger partial charge in [-0.05, 0) is 40.2 Å². The van der Waals surface area contributed by atoms with E-state index in [9.17, 15) is 4.79 Å². The van der Waals surface area contributed by atoms with Crippen molar-refractivity contribution in [3.05, 3.63) is 18.0 Å². The molecule has 0 aliphatic heterocycles. The molecule has 0 fully saturated rings. The Bertz CT molecular complexity index is 539. The number of carbonyl (C=O) groups is 1. The van der Waals surface area contributed by atoms with Gasteiger partial charge in [-0.15, -0.1) is 24.0 Å². The summed E-state index contributed by atoms with van der Waals surface area (Å²) in [5.74, 6) is 0.715. The van der Waals surface area contributed by atoms with Gasteiger partial charge in [-0.2, -0.15) is 5.10 Å². The largest absolute Gasteiger partial charge is 0.444 e. The minimum absolute atomic E-state index is 0. The third-order valence-corrected chi connectivity index (χ3v) is 2.79. The first-order chi connectivity index (χ1) is 11.3. The highest BCUT2D eigenvalue weighted by molar-refractivity contribution is 14.0. The van der Waals surface area contributed by atoms with Crippen LogP contribution in [0.3, 0.4) is 0 Å². The number of carbonyl (C=O) groups excluding carboxylic acids is 1. The van der Waals surface area contributed by atoms with Crippen molar-refractivity contribution in [2.45, 2.75) is 46.8 Å². The van der Waals surface area contributed by atoms with Crippen LogP contribution in [0.5, 0.6) is 0 Å². The summed E-state index contributed by atoms with van der Waals surface area (Å²) in [6.45, 7) is 12.6. The fourth-order valence-corrected chi connectivity index (χ4v) is 1.86. The second kappa shape index (κ2) is 11.9. The van der Waals surface area contributed by atoms with Crippen LogP contribution in [-0.2, 0) is 11.3 Å². The van der Waals surface area contributed by atoms with Crippen molar-refractivity contribution >= 4 is 36.0 Å². The Hall–Kier alpha value is -1.52. The molecule has 3 N–H and O–H groups in total. The summed E-state index contributed by atoms with van der Waals surface area (Å²) in [5.41, 5.74) is 0.651. The van der Waals surface area contributed by atoms with E-state index in [1.807, 2.05) is 51.7 Å². The van der Waals surface area contributed by atoms with Crippen LogP contribution in [0.25, 0.3) is 0 Å². The van der Waals surface area contributed by atoms with Crippen LogP contribution in [0.4, 0.5) is 4.79 Å². The number of rotatable bonds is 7. The number of aromatic nitrogens is 2. The third-order valence-electron chi connectivity index (χ3n) is 2.79. The summed E-state index contributed by atoms with van der Waals surface area (Å²) < 4.78 is 7.05. The monoisotopic (exact) mass is 466 g/mol. The first kappa shape index (κ1) is 23.5. The van der Waals surface area contributed by atoms with Crippen LogP contribution in [0.2, 0.25) is 0 Å². The van der Waals surface area contributed by atoms with Gasteiger partial charge in [-0.1, -0.05) is 0 Å². The van der Waals surface area contributed by atoms with Gasteiger partial charge in [0.25, 0.3) is 0 Å². The second-order valence-electron chi connectivity index (χ2n) is 6.40. The Morgan fingerprint density at radius 3 is 2.56 bits per heavy atom. The number of ether oxygens (including phenoxy) is 1. The van der Waals surface area contributed by atoms with E-state index >= 15 is 0 Å². The van der Waals surface area contributed by atoms with Crippen molar-refractivity contribution in [1.82, 2.24) is 25.7 Å². The second-order valence-corrected chi connectivity index (χ2v) is 6.40. The lowest BCUT2D eigenvalue weighted by Crippen LogP contribution is -2.39. The molecular weight excluding hydrogens is 435 g/mol. The van der Waals surface area contributed by atoms with Crippen LogP contribution >= 0.6 is 24.0 Å². The van der Waals surface area contributed by atoms with E-state index in [1.54, 1.807) is 0 Å². The maximum Gasteiger partial charge on any atom is 0.407 e. The Morgan fingerprint density at radius 2 is 2.00 bits per heavy atom. The minimum atomic E-state index is -0.491. The predicted molar refractivity (Wildman–Crippen MR) is 111 cm³/mol. The molecule has 0 unspecified atom stereocenters. The van der Waals surface area contributed by atoms with Crippen LogP contribution in [0, 0.1) is 6.92 Å². The van der Waals surface area contributed by atoms with E-state index in [0.29, 0.717) is 25.6 Å². The van der Waals surface area contributed by atoms with Gasteiger partial charge >= 0.3 is 6.09 Å². The van der Waals surface area contributed by atoms with E-state index in [-0.39, 0.29) is 24.0 Å². The molecule has 0 aromatic carbocycles. The molecule has 1 heterocycles. The molecule has 144 valence electrons. The lowest BCUT2D eigenvalue weighted by atomic mass is 10.2. The molecule has 0 saturated heterocycles. The highest BCUT2D eigenvalue weighted by atomic mass is 127. The number of hydrogen-bond acceptors (Lipinski definition) is 4. The number of aliphatic imine (C=N–C) groups is 1. The summed E-state index contributed by atoms with van der Waals surface area (Å²) in [5, 5.41) is 13.3. The van der Waals surface area contributed by atoms with Crippen molar-refractivity contribution in [3.8, 4) is 0 Å². The number of halogens is 1. The van der Waals surface area contributed by atoms with Crippen LogP contribution in [0.15, 0.2) is 17.4 Å². The molecule has 0 radical (unpaired) electrons. The molecule has 1 rings (SSSR count). The predicted octanol–water partition coefficient (Wildman–Crippen LogP) is 1.89. The van der Waals surface area contributed by atoms with E-state index < -0.39 is 11.7 Å². The third kappa shape index (κ3) is 11.6. The van der Waals surface area contributed by atoms with Gasteiger partial charge < -0.3 is 20.7 Å². The molecule has 1 aromatic heterocycles. The highest BCUT2D eigenvalue weighted by Gasteiger charge is 2.15. The van der Waals surface area contributed by atoms with E-state index in [0.717, 1.165) is 18.7 Å². The van der Waals surface area contributed by atoms with Gasteiger partial charge in [-0.25, -0.2) is 4.79 Å². The number of alkyl carbamates (subject to hydrolysis) is 1. The molecule has 0 saturated carbocycles. The molecule has 0 aliphatic carbocycles. The summed E-state index contributed by atoms with van der Waals surface area (Å²) in [4.78, 5) is 15.9. The lowest BCUT2D eigenvalue weighted by Gasteiger charge is -2.19. The minimum Gasteiger partial charge on any atom is -0.444 e. The zero-order valence-electron chi connectivity index (χ0n) is 15.8. The Labute approximate surface area is 167 Å². The van der Waals surface area contributed by atoms with Crippen LogP contribution in [0.1, 0.15) is 33.3 Å². The molecule has 0 aliphatic rings. The smallest absolute Gasteiger partial charge is 0.407 e. The topological polar surface area (TPSA) is 92.6 Å². The van der Waals surface area contributed by atoms with Gasteiger partial charge in [0, 0.05) is 25.8 Å². The number of guanidine groups is 1. The Morgan fingerprint density at radius 1 is 1.28 bits per heavy atom. The van der Waals surface area contributed by atoms with Crippen molar-refractivity contribution < 1.29 is 9.53 Å². The van der Waals surface area contributed by atoms with Gasteiger partial charge in [0.1, 0.15) is 5.60 Å². The maximum absolute atomic E-state index is 11.5. The summed E-state index contributed by atoms with van der Waals surface area (Å²) in [6.07, 6.45) is 3.41. The zero-order valence-corrected chi connectivity index (χ0v) is 18.1. The first-order valence-electron chi connectivity index (χ1n) is 8.28. The van der Waals surface area contributed by atoms with Gasteiger partial charge in [-0.3, -0.25) is 9.67 Å². The Balaban J connectivity index is 0.00000576. The number of hydrogen-bond donors (Lipinski definition) is 3. The lowest BCUT2D eigenvalue weighted by molar-refractivity contribution is 0.0529. The van der Waals surface area contributed by atoms with Crippen molar-refractivity contribution in [2.75, 3.05) is 26.2 Å². The number of nitrogens with one attached hydrogen (secondary N) is 3. The highest BCUT2D eigenvalue weighted by Crippen LogP contribution is 2.05. The zero-order chi connectivity index (χ0) is 18.0. The summed E-state index contributed by atoms with van der Waals surface area (Å²) >= 11 is 0. The van der Waals surface area contributed by atoms with Gasteiger partial charge in [0.05, 0.1) is 19.3 Å². The average Bonchev–Trinajstić information content (AvgIpc) is 2.87. The quantitative estimate of drug-likeness (QED) is 0.247. The summed E-state index contributed by atoms with van der Waals surface area (Å²) in [7, 11) is 0. The molecule has 0 spiro atoms. The molecule has 8 nitrogen and oxygen atoms in total. The number of nitrogens with zero attached hydrogens (tertiary/aromatic N) is 3. The molecule has 1 amide bonds. The maximum atomic E-state index is 11.5. The van der Waals surface area contributed by atoms with Crippen molar-refractivity contribution in [3.63, 3.8) is 0 Å². The SMILES string of the molecule is CCNC(=NCCNC(=O)OC(C)(C)C)NCCn1cc(C)cn1.I. The summed E-state index contributed by atoms with van der Waals surface area (Å²) in [6, 6.07) is 0. The molecular formula is C16H31IN6O2. The number of aryl methyl sites for hydroxylation is 1. The molecule has 1 aromatic rings. The van der Waals surface area contributed by atoms with Crippen LogP contribution in [-0.4, -0.2) is 53.6 Å². The van der Waals surface area contributed by atoms with Crippen LogP contribution < -0.4 is 16.0 Å². The van der Waals surface area contributed by atoms with E-state index in [2.05, 4.69) is 26.0 Å². The van der Waals surface area contributed by atoms with Gasteiger partial charge in [0.2, 0.25) is 0 Å². The van der Waals surface area contributed by atoms with Gasteiger partial charge in [0.15, 0.2) is 5.96 Å². The average molecular weight is 466 g/mol. The van der Waals surface area contributed by atoms with E-state index in [4.69, 9.17) is 4.74 Å². The fourth-order valence-electron chi connectivity index (χ4n) is 1.86. The normalized spacial score (nSPS) is 11.5.